The molecule has 1 saturated carbocycles. The van der Waals surface area contributed by atoms with Gasteiger partial charge in [-0.3, -0.25) is 4.40 Å². The summed E-state index contributed by atoms with van der Waals surface area (Å²) in [7, 11) is 0. The van der Waals surface area contributed by atoms with Crippen molar-refractivity contribution < 1.29 is 5.11 Å². The number of aromatic nitrogens is 2. The fraction of sp³-hybridized carbons (Fsp3) is 0.385. The number of aliphatic hydroxyl groups is 1. The number of hydrogen-bond acceptors (Lipinski definition) is 4. The molecule has 31 heavy (non-hydrogen) atoms. The largest absolute Gasteiger partial charge is 0.512 e. The normalized spacial score (nSPS) is 15.7. The molecule has 5 heteroatoms. The molecule has 2 aromatic heterocycles. The van der Waals surface area contributed by atoms with Crippen molar-refractivity contribution >= 4 is 22.7 Å². The van der Waals surface area contributed by atoms with E-state index in [1.165, 1.54) is 37.7 Å². The van der Waals surface area contributed by atoms with Gasteiger partial charge in [-0.1, -0.05) is 49.6 Å². The molecule has 1 fully saturated rings. The molecule has 3 N–H and O–H groups in total. The van der Waals surface area contributed by atoms with Crippen LogP contribution in [0.15, 0.2) is 54.4 Å². The van der Waals surface area contributed by atoms with Gasteiger partial charge in [0.15, 0.2) is 0 Å². The van der Waals surface area contributed by atoms with Gasteiger partial charge < -0.3 is 15.8 Å². The summed E-state index contributed by atoms with van der Waals surface area (Å²) in [5.74, 6) is 1.25. The Labute approximate surface area is 184 Å². The van der Waals surface area contributed by atoms with Gasteiger partial charge in [0.05, 0.1) is 11.5 Å². The zero-order valence-corrected chi connectivity index (χ0v) is 18.5. The van der Waals surface area contributed by atoms with E-state index in [4.69, 9.17) is 10.4 Å². The standard InChI is InChI=1S/C26H32N4O/c1-18(27)25(19(2)31)21-15-16-30-24(17-21)29-23(14-13-20-9-5-3-6-10-20)26(30)28-22-11-7-4-8-12-22/h3,5-6,9-10,15-17,22,27-28,31H,4,7-8,11-14H2,1-2H3/b25-19+,27-18?. The van der Waals surface area contributed by atoms with Crippen molar-refractivity contribution in [2.75, 3.05) is 5.32 Å². The topological polar surface area (TPSA) is 73.4 Å². The fourth-order valence-electron chi connectivity index (χ4n) is 4.62. The van der Waals surface area contributed by atoms with Crippen molar-refractivity contribution in [1.82, 2.24) is 9.38 Å². The number of benzene rings is 1. The molecule has 162 valence electrons. The Bertz CT molecular complexity index is 1090. The molecule has 0 amide bonds. The SMILES string of the molecule is CC(=N)/C(=C(/C)O)c1ccn2c(NC3CCCCC3)c(CCc3ccccc3)nc2c1. The van der Waals surface area contributed by atoms with E-state index in [0.29, 0.717) is 17.3 Å². The van der Waals surface area contributed by atoms with Crippen molar-refractivity contribution in [2.24, 2.45) is 0 Å². The fourth-order valence-corrected chi connectivity index (χ4v) is 4.62. The molecule has 1 aliphatic rings. The third-order valence-corrected chi connectivity index (χ3v) is 6.16. The van der Waals surface area contributed by atoms with Crippen LogP contribution in [0.2, 0.25) is 0 Å². The second kappa shape index (κ2) is 9.38. The third kappa shape index (κ3) is 4.82. The Balaban J connectivity index is 1.71. The van der Waals surface area contributed by atoms with E-state index in [0.717, 1.165) is 35.6 Å². The molecular weight excluding hydrogens is 384 g/mol. The number of rotatable bonds is 7. The molecule has 0 spiro atoms. The van der Waals surface area contributed by atoms with E-state index in [2.05, 4.69) is 34.0 Å². The molecule has 0 aliphatic heterocycles. The minimum Gasteiger partial charge on any atom is -0.512 e. The van der Waals surface area contributed by atoms with Crippen molar-refractivity contribution in [2.45, 2.75) is 64.8 Å². The second-order valence-corrected chi connectivity index (χ2v) is 8.60. The highest BCUT2D eigenvalue weighted by molar-refractivity contribution is 6.21. The average Bonchev–Trinajstić information content (AvgIpc) is 3.10. The molecular formula is C26H32N4O. The first kappa shape index (κ1) is 21.2. The summed E-state index contributed by atoms with van der Waals surface area (Å²) >= 11 is 0. The number of aliphatic hydroxyl groups excluding tert-OH is 1. The smallest absolute Gasteiger partial charge is 0.139 e. The molecule has 5 nitrogen and oxygen atoms in total. The second-order valence-electron chi connectivity index (χ2n) is 8.60. The Morgan fingerprint density at radius 1 is 1.10 bits per heavy atom. The lowest BCUT2D eigenvalue weighted by molar-refractivity contribution is 0.418. The van der Waals surface area contributed by atoms with Gasteiger partial charge in [0.25, 0.3) is 0 Å². The predicted molar refractivity (Wildman–Crippen MR) is 128 cm³/mol. The van der Waals surface area contributed by atoms with Crippen LogP contribution in [0, 0.1) is 5.41 Å². The van der Waals surface area contributed by atoms with Gasteiger partial charge in [-0.25, -0.2) is 4.98 Å². The predicted octanol–water partition coefficient (Wildman–Crippen LogP) is 6.19. The summed E-state index contributed by atoms with van der Waals surface area (Å²) in [4.78, 5) is 4.98. The number of anilines is 1. The molecule has 3 aromatic rings. The first-order valence-electron chi connectivity index (χ1n) is 11.3. The summed E-state index contributed by atoms with van der Waals surface area (Å²) < 4.78 is 2.13. The first-order chi connectivity index (χ1) is 15.0. The van der Waals surface area contributed by atoms with E-state index >= 15 is 0 Å². The molecule has 0 bridgehead atoms. The van der Waals surface area contributed by atoms with Crippen molar-refractivity contribution in [3.05, 3.63) is 71.2 Å². The van der Waals surface area contributed by atoms with Gasteiger partial charge in [0.2, 0.25) is 0 Å². The van der Waals surface area contributed by atoms with Crippen LogP contribution in [-0.2, 0) is 12.8 Å². The number of fused-ring (bicyclic) bond motifs is 1. The lowest BCUT2D eigenvalue weighted by atomic mass is 9.95. The molecule has 0 radical (unpaired) electrons. The van der Waals surface area contributed by atoms with Gasteiger partial charge in [-0.15, -0.1) is 0 Å². The zero-order chi connectivity index (χ0) is 21.8. The van der Waals surface area contributed by atoms with Crippen molar-refractivity contribution in [1.29, 1.82) is 5.41 Å². The van der Waals surface area contributed by atoms with Crippen molar-refractivity contribution in [3.8, 4) is 0 Å². The number of aryl methyl sites for hydroxylation is 2. The van der Waals surface area contributed by atoms with Gasteiger partial charge in [0, 0.05) is 23.5 Å². The number of pyridine rings is 1. The number of hydrogen-bond donors (Lipinski definition) is 3. The minimum absolute atomic E-state index is 0.160. The lowest BCUT2D eigenvalue weighted by Gasteiger charge is -2.24. The Morgan fingerprint density at radius 2 is 1.84 bits per heavy atom. The highest BCUT2D eigenvalue weighted by Crippen LogP contribution is 2.28. The Hall–Kier alpha value is -3.08. The maximum Gasteiger partial charge on any atom is 0.139 e. The number of imidazole rings is 1. The summed E-state index contributed by atoms with van der Waals surface area (Å²) in [6.45, 7) is 3.33. The van der Waals surface area contributed by atoms with E-state index in [1.54, 1.807) is 13.8 Å². The minimum atomic E-state index is 0.160. The zero-order valence-electron chi connectivity index (χ0n) is 18.5. The quantitative estimate of drug-likeness (QED) is 0.317. The van der Waals surface area contributed by atoms with Gasteiger partial charge in [-0.05, 0) is 62.8 Å². The summed E-state index contributed by atoms with van der Waals surface area (Å²) in [5, 5.41) is 21.9. The maximum atomic E-state index is 10.1. The van der Waals surface area contributed by atoms with E-state index < -0.39 is 0 Å². The van der Waals surface area contributed by atoms with Gasteiger partial charge >= 0.3 is 0 Å². The van der Waals surface area contributed by atoms with Gasteiger partial charge in [-0.2, -0.15) is 0 Å². The first-order valence-corrected chi connectivity index (χ1v) is 11.3. The molecule has 4 rings (SSSR count). The Kier molecular flexibility index (Phi) is 6.40. The number of nitrogens with one attached hydrogen (secondary N) is 2. The lowest BCUT2D eigenvalue weighted by Crippen LogP contribution is -2.23. The van der Waals surface area contributed by atoms with E-state index in [1.807, 2.05) is 24.4 Å². The van der Waals surface area contributed by atoms with Crippen LogP contribution in [0.25, 0.3) is 11.2 Å². The summed E-state index contributed by atoms with van der Waals surface area (Å²) in [5.41, 5.74) is 4.97. The molecule has 0 atom stereocenters. The monoisotopic (exact) mass is 416 g/mol. The average molecular weight is 417 g/mol. The van der Waals surface area contributed by atoms with Crippen LogP contribution >= 0.6 is 0 Å². The molecule has 0 saturated heterocycles. The van der Waals surface area contributed by atoms with Crippen LogP contribution < -0.4 is 5.32 Å². The van der Waals surface area contributed by atoms with Crippen molar-refractivity contribution in [3.63, 3.8) is 0 Å². The van der Waals surface area contributed by atoms with Crippen LogP contribution in [0.4, 0.5) is 5.82 Å². The van der Waals surface area contributed by atoms with Crippen LogP contribution in [-0.4, -0.2) is 26.2 Å². The Morgan fingerprint density at radius 3 is 2.52 bits per heavy atom. The van der Waals surface area contributed by atoms with E-state index in [9.17, 15) is 5.11 Å². The highest BCUT2D eigenvalue weighted by atomic mass is 16.3. The van der Waals surface area contributed by atoms with Crippen LogP contribution in [0.5, 0.6) is 0 Å². The van der Waals surface area contributed by atoms with Crippen LogP contribution in [0.1, 0.15) is 62.8 Å². The van der Waals surface area contributed by atoms with E-state index in [-0.39, 0.29) is 5.76 Å². The molecule has 1 aliphatic carbocycles. The molecule has 2 heterocycles. The summed E-state index contributed by atoms with van der Waals surface area (Å²) in [6.07, 6.45) is 10.1. The van der Waals surface area contributed by atoms with Gasteiger partial charge in [0.1, 0.15) is 11.5 Å². The van der Waals surface area contributed by atoms with Crippen LogP contribution in [0.3, 0.4) is 0 Å². The number of allylic oxidation sites excluding steroid dienone is 2. The molecule has 1 aromatic carbocycles. The third-order valence-electron chi connectivity index (χ3n) is 6.16. The number of nitrogens with zero attached hydrogens (tertiary/aromatic N) is 2. The molecule has 0 unspecified atom stereocenters. The maximum absolute atomic E-state index is 10.1. The highest BCUT2D eigenvalue weighted by Gasteiger charge is 2.19. The summed E-state index contributed by atoms with van der Waals surface area (Å²) in [6, 6.07) is 15.0.